The van der Waals surface area contributed by atoms with Gasteiger partial charge in [0.05, 0.1) is 12.1 Å². The SMILES string of the molecule is C=C(C)c1cc(CNC[C@H](O)[C@H](Cc2ccccc2)NC(=O)O)cc(NC(C)=O)c1. The van der Waals surface area contributed by atoms with E-state index in [-0.39, 0.29) is 12.5 Å². The van der Waals surface area contributed by atoms with Crippen LogP contribution in [-0.4, -0.2) is 40.9 Å². The highest BCUT2D eigenvalue weighted by atomic mass is 16.4. The number of hydrogen-bond donors (Lipinski definition) is 5. The third-order valence-corrected chi connectivity index (χ3v) is 4.56. The van der Waals surface area contributed by atoms with Gasteiger partial charge in [0.25, 0.3) is 0 Å². The molecule has 160 valence electrons. The first-order valence-corrected chi connectivity index (χ1v) is 9.74. The molecule has 7 heteroatoms. The molecule has 2 rings (SSSR count). The Kier molecular flexibility index (Phi) is 8.58. The first-order valence-electron chi connectivity index (χ1n) is 9.74. The fourth-order valence-electron chi connectivity index (χ4n) is 3.13. The number of allylic oxidation sites excluding steroid dienone is 1. The number of carboxylic acid groups (broad SMARTS) is 1. The molecule has 0 spiro atoms. The van der Waals surface area contributed by atoms with Crippen molar-refractivity contribution in [2.24, 2.45) is 0 Å². The van der Waals surface area contributed by atoms with Crippen molar-refractivity contribution in [2.75, 3.05) is 11.9 Å². The molecule has 0 unspecified atom stereocenters. The number of carbonyl (C=O) groups is 2. The van der Waals surface area contributed by atoms with Crippen LogP contribution in [0.3, 0.4) is 0 Å². The Hall–Kier alpha value is -3.16. The number of carbonyl (C=O) groups excluding carboxylic acids is 1. The van der Waals surface area contributed by atoms with Crippen LogP contribution >= 0.6 is 0 Å². The van der Waals surface area contributed by atoms with E-state index >= 15 is 0 Å². The molecule has 0 aromatic heterocycles. The second-order valence-electron chi connectivity index (χ2n) is 7.32. The molecule has 2 aromatic carbocycles. The fraction of sp³-hybridized carbons (Fsp3) is 0.304. The van der Waals surface area contributed by atoms with Crippen molar-refractivity contribution in [3.05, 3.63) is 71.8 Å². The molecule has 0 aliphatic heterocycles. The lowest BCUT2D eigenvalue weighted by atomic mass is 10.0. The third kappa shape index (κ3) is 7.69. The first kappa shape index (κ1) is 23.1. The average Bonchev–Trinajstić information content (AvgIpc) is 2.67. The molecule has 2 atom stereocenters. The molecule has 0 aliphatic carbocycles. The second kappa shape index (κ2) is 11.1. The predicted octanol–water partition coefficient (Wildman–Crippen LogP) is 3.01. The zero-order valence-electron chi connectivity index (χ0n) is 17.3. The van der Waals surface area contributed by atoms with Crippen molar-refractivity contribution in [1.29, 1.82) is 0 Å². The Labute approximate surface area is 176 Å². The normalized spacial score (nSPS) is 12.6. The summed E-state index contributed by atoms with van der Waals surface area (Å²) in [4.78, 5) is 22.5. The van der Waals surface area contributed by atoms with E-state index in [0.29, 0.717) is 18.7 Å². The summed E-state index contributed by atoms with van der Waals surface area (Å²) in [7, 11) is 0. The highest BCUT2D eigenvalue weighted by Crippen LogP contribution is 2.20. The van der Waals surface area contributed by atoms with Crippen molar-refractivity contribution in [3.8, 4) is 0 Å². The van der Waals surface area contributed by atoms with Gasteiger partial charge in [-0.2, -0.15) is 0 Å². The summed E-state index contributed by atoms with van der Waals surface area (Å²) in [6.07, 6.45) is -1.71. The molecule has 0 radical (unpaired) electrons. The maximum Gasteiger partial charge on any atom is 0.404 e. The van der Waals surface area contributed by atoms with Gasteiger partial charge in [0.15, 0.2) is 0 Å². The van der Waals surface area contributed by atoms with E-state index in [9.17, 15) is 14.7 Å². The molecular formula is C23H29N3O4. The molecule has 0 heterocycles. The maximum atomic E-state index is 11.4. The van der Waals surface area contributed by atoms with Crippen LogP contribution < -0.4 is 16.0 Å². The van der Waals surface area contributed by atoms with E-state index in [2.05, 4.69) is 22.5 Å². The first-order chi connectivity index (χ1) is 14.2. The summed E-state index contributed by atoms with van der Waals surface area (Å²) in [5.74, 6) is -0.160. The highest BCUT2D eigenvalue weighted by molar-refractivity contribution is 5.89. The summed E-state index contributed by atoms with van der Waals surface area (Å²) in [5.41, 5.74) is 4.31. The van der Waals surface area contributed by atoms with Crippen LogP contribution in [0.2, 0.25) is 0 Å². The topological polar surface area (TPSA) is 111 Å². The standard InChI is InChI=1S/C23H29N3O4/c1-15(2)19-9-18(10-20(12-19)25-16(3)27)13-24-14-22(28)21(26-23(29)30)11-17-7-5-4-6-8-17/h4-10,12,21-22,24,26,28H,1,11,13-14H2,2-3H3,(H,25,27)(H,29,30)/t21-,22-/m0/s1. The zero-order valence-corrected chi connectivity index (χ0v) is 17.3. The van der Waals surface area contributed by atoms with E-state index in [0.717, 1.165) is 22.3 Å². The average molecular weight is 412 g/mol. The Morgan fingerprint density at radius 2 is 1.77 bits per heavy atom. The van der Waals surface area contributed by atoms with Gasteiger partial charge in [-0.3, -0.25) is 4.79 Å². The van der Waals surface area contributed by atoms with E-state index in [4.69, 9.17) is 5.11 Å². The van der Waals surface area contributed by atoms with Crippen molar-refractivity contribution in [1.82, 2.24) is 10.6 Å². The molecule has 2 aromatic rings. The lowest BCUT2D eigenvalue weighted by molar-refractivity contribution is -0.114. The molecular weight excluding hydrogens is 382 g/mol. The number of aliphatic hydroxyl groups is 1. The van der Waals surface area contributed by atoms with Crippen LogP contribution in [0, 0.1) is 0 Å². The summed E-state index contributed by atoms with van der Waals surface area (Å²) in [6.45, 7) is 7.93. The van der Waals surface area contributed by atoms with Gasteiger partial charge in [-0.25, -0.2) is 4.79 Å². The Morgan fingerprint density at radius 3 is 2.37 bits per heavy atom. The zero-order chi connectivity index (χ0) is 22.1. The van der Waals surface area contributed by atoms with Gasteiger partial charge >= 0.3 is 6.09 Å². The summed E-state index contributed by atoms with van der Waals surface area (Å²) in [6, 6.07) is 14.4. The van der Waals surface area contributed by atoms with Gasteiger partial charge in [-0.05, 0) is 42.2 Å². The van der Waals surface area contributed by atoms with Crippen LogP contribution in [-0.2, 0) is 17.8 Å². The van der Waals surface area contributed by atoms with Gasteiger partial charge in [0.2, 0.25) is 5.91 Å². The molecule has 0 fully saturated rings. The maximum absolute atomic E-state index is 11.4. The van der Waals surface area contributed by atoms with Crippen LogP contribution in [0.15, 0.2) is 55.1 Å². The summed E-state index contributed by atoms with van der Waals surface area (Å²) < 4.78 is 0. The number of benzene rings is 2. The van der Waals surface area contributed by atoms with E-state index in [1.54, 1.807) is 0 Å². The molecule has 0 saturated heterocycles. The quantitative estimate of drug-likeness (QED) is 0.413. The molecule has 2 amide bonds. The number of amides is 2. The summed E-state index contributed by atoms with van der Waals surface area (Å²) in [5, 5.41) is 28.0. The van der Waals surface area contributed by atoms with Gasteiger partial charge in [-0.1, -0.05) is 48.6 Å². The minimum absolute atomic E-state index is 0.160. The van der Waals surface area contributed by atoms with E-state index < -0.39 is 18.2 Å². The van der Waals surface area contributed by atoms with Gasteiger partial charge in [0.1, 0.15) is 0 Å². The molecule has 0 saturated carbocycles. The van der Waals surface area contributed by atoms with Crippen molar-refractivity contribution < 1.29 is 19.8 Å². The second-order valence-corrected chi connectivity index (χ2v) is 7.32. The van der Waals surface area contributed by atoms with Crippen LogP contribution in [0.1, 0.15) is 30.5 Å². The molecule has 0 aliphatic rings. The van der Waals surface area contributed by atoms with Crippen LogP contribution in [0.5, 0.6) is 0 Å². The van der Waals surface area contributed by atoms with Gasteiger partial charge in [-0.15, -0.1) is 0 Å². The molecule has 5 N–H and O–H groups in total. The predicted molar refractivity (Wildman–Crippen MR) is 118 cm³/mol. The highest BCUT2D eigenvalue weighted by Gasteiger charge is 2.21. The number of nitrogens with one attached hydrogen (secondary N) is 3. The van der Waals surface area contributed by atoms with E-state index in [1.165, 1.54) is 6.92 Å². The lowest BCUT2D eigenvalue weighted by Crippen LogP contribution is -2.48. The van der Waals surface area contributed by atoms with Crippen molar-refractivity contribution in [3.63, 3.8) is 0 Å². The van der Waals surface area contributed by atoms with Crippen LogP contribution in [0.4, 0.5) is 10.5 Å². The minimum Gasteiger partial charge on any atom is -0.465 e. The minimum atomic E-state index is -1.18. The van der Waals surface area contributed by atoms with Gasteiger partial charge < -0.3 is 26.2 Å². The smallest absolute Gasteiger partial charge is 0.404 e. The summed E-state index contributed by atoms with van der Waals surface area (Å²) >= 11 is 0. The Balaban J connectivity index is 2.02. The lowest BCUT2D eigenvalue weighted by Gasteiger charge is -2.23. The number of aliphatic hydroxyl groups excluding tert-OH is 1. The third-order valence-electron chi connectivity index (χ3n) is 4.56. The Morgan fingerprint density at radius 1 is 1.07 bits per heavy atom. The van der Waals surface area contributed by atoms with Gasteiger partial charge in [0, 0.05) is 25.7 Å². The van der Waals surface area contributed by atoms with E-state index in [1.807, 2.05) is 55.5 Å². The number of hydrogen-bond acceptors (Lipinski definition) is 4. The number of rotatable bonds is 10. The Bertz CT molecular complexity index is 883. The molecule has 30 heavy (non-hydrogen) atoms. The van der Waals surface area contributed by atoms with Crippen molar-refractivity contribution in [2.45, 2.75) is 39.0 Å². The molecule has 0 bridgehead atoms. The molecule has 7 nitrogen and oxygen atoms in total. The monoisotopic (exact) mass is 411 g/mol. The number of anilines is 1. The van der Waals surface area contributed by atoms with Crippen molar-refractivity contribution >= 4 is 23.3 Å². The van der Waals surface area contributed by atoms with Crippen LogP contribution in [0.25, 0.3) is 5.57 Å². The largest absolute Gasteiger partial charge is 0.465 e. The fourth-order valence-corrected chi connectivity index (χ4v) is 3.13.